The molecule has 1 aromatic carbocycles. The Morgan fingerprint density at radius 2 is 1.76 bits per heavy atom. The van der Waals surface area contributed by atoms with Gasteiger partial charge in [-0.2, -0.15) is 0 Å². The van der Waals surface area contributed by atoms with Crippen LogP contribution in [0.3, 0.4) is 0 Å². The van der Waals surface area contributed by atoms with Gasteiger partial charge in [0.25, 0.3) is 0 Å². The molecule has 0 saturated carbocycles. The average molecular weight is 289 g/mol. The number of benzene rings is 1. The number of aryl methyl sites for hydroxylation is 2. The lowest BCUT2D eigenvalue weighted by atomic mass is 9.91. The predicted octanol–water partition coefficient (Wildman–Crippen LogP) is 1.19. The van der Waals surface area contributed by atoms with E-state index in [4.69, 9.17) is 5.73 Å². The summed E-state index contributed by atoms with van der Waals surface area (Å²) in [6, 6.07) is 6.28. The van der Waals surface area contributed by atoms with E-state index < -0.39 is 0 Å². The summed E-state index contributed by atoms with van der Waals surface area (Å²) >= 11 is 0. The number of nitrogens with two attached hydrogens (primary N) is 1. The standard InChI is InChI=1S/C17H27N3O/c1-13-5-4-6-14(2)16(13)11-15(12-18)17(21)20-9-7-19(3)8-10-20/h4-6,15H,7-12,18H2,1-3H3. The zero-order chi connectivity index (χ0) is 15.4. The fourth-order valence-electron chi connectivity index (χ4n) is 2.97. The van der Waals surface area contributed by atoms with Gasteiger partial charge in [0.15, 0.2) is 0 Å². The summed E-state index contributed by atoms with van der Waals surface area (Å²) in [7, 11) is 2.10. The van der Waals surface area contributed by atoms with Gasteiger partial charge < -0.3 is 15.5 Å². The molecule has 1 aromatic rings. The number of hydrogen-bond donors (Lipinski definition) is 1. The maximum absolute atomic E-state index is 12.7. The lowest BCUT2D eigenvalue weighted by molar-refractivity contribution is -0.136. The maximum atomic E-state index is 12.7. The molecule has 0 spiro atoms. The van der Waals surface area contributed by atoms with Gasteiger partial charge in [0.1, 0.15) is 0 Å². The van der Waals surface area contributed by atoms with Crippen molar-refractivity contribution in [2.45, 2.75) is 20.3 Å². The van der Waals surface area contributed by atoms with Gasteiger partial charge in [-0.05, 0) is 44.0 Å². The zero-order valence-electron chi connectivity index (χ0n) is 13.4. The molecule has 1 fully saturated rings. The zero-order valence-corrected chi connectivity index (χ0v) is 13.4. The van der Waals surface area contributed by atoms with E-state index in [1.54, 1.807) is 0 Å². The van der Waals surface area contributed by atoms with Crippen LogP contribution in [0, 0.1) is 19.8 Å². The van der Waals surface area contributed by atoms with Crippen molar-refractivity contribution in [2.24, 2.45) is 11.7 Å². The highest BCUT2D eigenvalue weighted by atomic mass is 16.2. The molecule has 21 heavy (non-hydrogen) atoms. The molecule has 4 heteroatoms. The molecule has 2 rings (SSSR count). The van der Waals surface area contributed by atoms with E-state index >= 15 is 0 Å². The van der Waals surface area contributed by atoms with Crippen LogP contribution in [-0.2, 0) is 11.2 Å². The van der Waals surface area contributed by atoms with E-state index in [1.807, 2.05) is 4.90 Å². The van der Waals surface area contributed by atoms with Crippen LogP contribution in [0.1, 0.15) is 16.7 Å². The minimum atomic E-state index is -0.104. The molecule has 0 radical (unpaired) electrons. The minimum Gasteiger partial charge on any atom is -0.340 e. The third-order valence-corrected chi connectivity index (χ3v) is 4.54. The number of carbonyl (C=O) groups is 1. The summed E-state index contributed by atoms with van der Waals surface area (Å²) < 4.78 is 0. The first kappa shape index (κ1) is 16.0. The summed E-state index contributed by atoms with van der Waals surface area (Å²) in [5, 5.41) is 0. The lowest BCUT2D eigenvalue weighted by Gasteiger charge is -2.34. The van der Waals surface area contributed by atoms with Crippen molar-refractivity contribution < 1.29 is 4.79 Å². The molecule has 0 bridgehead atoms. The van der Waals surface area contributed by atoms with Gasteiger partial charge in [0.2, 0.25) is 5.91 Å². The van der Waals surface area contributed by atoms with Crippen LogP contribution >= 0.6 is 0 Å². The Kier molecular flexibility index (Phi) is 5.37. The van der Waals surface area contributed by atoms with E-state index in [0.29, 0.717) is 6.54 Å². The second-order valence-corrected chi connectivity index (χ2v) is 6.14. The molecular formula is C17H27N3O. The number of amides is 1. The predicted molar refractivity (Wildman–Crippen MR) is 86.2 cm³/mol. The quantitative estimate of drug-likeness (QED) is 0.906. The van der Waals surface area contributed by atoms with Crippen LogP contribution in [0.2, 0.25) is 0 Å². The Bertz CT molecular complexity index is 473. The normalized spacial score (nSPS) is 17.8. The molecule has 0 aliphatic carbocycles. The van der Waals surface area contributed by atoms with Crippen molar-refractivity contribution in [3.05, 3.63) is 34.9 Å². The monoisotopic (exact) mass is 289 g/mol. The second kappa shape index (κ2) is 7.05. The topological polar surface area (TPSA) is 49.6 Å². The Morgan fingerprint density at radius 1 is 1.19 bits per heavy atom. The Morgan fingerprint density at radius 3 is 2.29 bits per heavy atom. The number of carbonyl (C=O) groups excluding carboxylic acids is 1. The summed E-state index contributed by atoms with van der Waals surface area (Å²) in [6.07, 6.45) is 0.750. The molecule has 116 valence electrons. The van der Waals surface area contributed by atoms with E-state index in [0.717, 1.165) is 32.6 Å². The molecule has 4 nitrogen and oxygen atoms in total. The van der Waals surface area contributed by atoms with Gasteiger partial charge in [-0.25, -0.2) is 0 Å². The average Bonchev–Trinajstić information content (AvgIpc) is 2.47. The van der Waals surface area contributed by atoms with Crippen LogP contribution in [-0.4, -0.2) is 55.5 Å². The van der Waals surface area contributed by atoms with Gasteiger partial charge in [0.05, 0.1) is 5.92 Å². The third-order valence-electron chi connectivity index (χ3n) is 4.54. The number of piperazine rings is 1. The van der Waals surface area contributed by atoms with Gasteiger partial charge in [-0.1, -0.05) is 18.2 Å². The molecule has 1 unspecified atom stereocenters. The SMILES string of the molecule is Cc1cccc(C)c1CC(CN)C(=O)N1CCN(C)CC1. The Labute approximate surface area is 127 Å². The lowest BCUT2D eigenvalue weighted by Crippen LogP contribution is -2.50. The molecule has 1 aliphatic heterocycles. The number of hydrogen-bond acceptors (Lipinski definition) is 3. The van der Waals surface area contributed by atoms with Gasteiger partial charge >= 0.3 is 0 Å². The Balaban J connectivity index is 2.07. The van der Waals surface area contributed by atoms with E-state index in [2.05, 4.69) is 44.0 Å². The molecule has 2 N–H and O–H groups in total. The van der Waals surface area contributed by atoms with Crippen LogP contribution in [0.5, 0.6) is 0 Å². The van der Waals surface area contributed by atoms with E-state index in [1.165, 1.54) is 16.7 Å². The first-order chi connectivity index (χ1) is 10.0. The van der Waals surface area contributed by atoms with Crippen LogP contribution in [0.15, 0.2) is 18.2 Å². The number of nitrogens with zero attached hydrogens (tertiary/aromatic N) is 2. The van der Waals surface area contributed by atoms with E-state index in [-0.39, 0.29) is 11.8 Å². The fraction of sp³-hybridized carbons (Fsp3) is 0.588. The first-order valence-corrected chi connectivity index (χ1v) is 7.75. The van der Waals surface area contributed by atoms with Crippen molar-refractivity contribution in [2.75, 3.05) is 39.8 Å². The highest BCUT2D eigenvalue weighted by Gasteiger charge is 2.26. The van der Waals surface area contributed by atoms with E-state index in [9.17, 15) is 4.79 Å². The molecule has 1 heterocycles. The number of likely N-dealkylation sites (N-methyl/N-ethyl adjacent to an activating group) is 1. The highest BCUT2D eigenvalue weighted by Crippen LogP contribution is 2.19. The summed E-state index contributed by atoms with van der Waals surface area (Å²) in [6.45, 7) is 8.17. The molecule has 0 aromatic heterocycles. The van der Waals surface area contributed by atoms with Gasteiger partial charge in [-0.3, -0.25) is 4.79 Å². The maximum Gasteiger partial charge on any atom is 0.227 e. The van der Waals surface area contributed by atoms with Crippen molar-refractivity contribution in [3.63, 3.8) is 0 Å². The Hall–Kier alpha value is -1.39. The summed E-state index contributed by atoms with van der Waals surface area (Å²) in [5.74, 6) is 0.112. The van der Waals surface area contributed by atoms with Crippen molar-refractivity contribution >= 4 is 5.91 Å². The van der Waals surface area contributed by atoms with Crippen molar-refractivity contribution in [1.29, 1.82) is 0 Å². The van der Waals surface area contributed by atoms with Gasteiger partial charge in [-0.15, -0.1) is 0 Å². The first-order valence-electron chi connectivity index (χ1n) is 7.75. The molecular weight excluding hydrogens is 262 g/mol. The third kappa shape index (κ3) is 3.83. The van der Waals surface area contributed by atoms with Gasteiger partial charge in [0, 0.05) is 32.7 Å². The summed E-state index contributed by atoms with van der Waals surface area (Å²) in [5.41, 5.74) is 9.67. The molecule has 1 saturated heterocycles. The van der Waals surface area contributed by atoms with Crippen LogP contribution in [0.4, 0.5) is 0 Å². The fourth-order valence-corrected chi connectivity index (χ4v) is 2.97. The van der Waals surface area contributed by atoms with Crippen molar-refractivity contribution in [1.82, 2.24) is 9.80 Å². The highest BCUT2D eigenvalue weighted by molar-refractivity contribution is 5.79. The smallest absolute Gasteiger partial charge is 0.227 e. The minimum absolute atomic E-state index is 0.104. The molecule has 1 aliphatic rings. The second-order valence-electron chi connectivity index (χ2n) is 6.14. The van der Waals surface area contributed by atoms with Crippen LogP contribution in [0.25, 0.3) is 0 Å². The van der Waals surface area contributed by atoms with Crippen molar-refractivity contribution in [3.8, 4) is 0 Å². The summed E-state index contributed by atoms with van der Waals surface area (Å²) in [4.78, 5) is 16.9. The largest absolute Gasteiger partial charge is 0.340 e. The molecule has 1 amide bonds. The van der Waals surface area contributed by atoms with Crippen LogP contribution < -0.4 is 5.73 Å². The molecule has 1 atom stereocenters. The number of rotatable bonds is 4.